The molecule has 2 heterocycles. The normalized spacial score (nSPS) is 11.2. The number of halogens is 2. The molecule has 0 unspecified atom stereocenters. The third-order valence-electron chi connectivity index (χ3n) is 4.56. The van der Waals surface area contributed by atoms with Crippen LogP contribution in [-0.4, -0.2) is 32.9 Å². The topological polar surface area (TPSA) is 121 Å². The molecule has 0 fully saturated rings. The molecule has 0 aliphatic heterocycles. The van der Waals surface area contributed by atoms with Gasteiger partial charge in [0.25, 0.3) is 5.88 Å². The maximum atomic E-state index is 12.7. The molecule has 3 aromatic rings. The predicted molar refractivity (Wildman–Crippen MR) is 124 cm³/mol. The van der Waals surface area contributed by atoms with E-state index in [0.29, 0.717) is 16.3 Å². The van der Waals surface area contributed by atoms with Crippen LogP contribution in [0.4, 0.5) is 16.2 Å². The number of hydrogen-bond acceptors (Lipinski definition) is 7. The number of anilines is 1. The van der Waals surface area contributed by atoms with Crippen LogP contribution in [-0.2, 0) is 12.5 Å². The summed E-state index contributed by atoms with van der Waals surface area (Å²) in [6.07, 6.45) is -1.01. The van der Waals surface area contributed by atoms with Crippen molar-refractivity contribution in [2.45, 2.75) is 26.2 Å². The Morgan fingerprint density at radius 2 is 1.91 bits per heavy atom. The Kier molecular flexibility index (Phi) is 6.80. The van der Waals surface area contributed by atoms with Gasteiger partial charge in [-0.1, -0.05) is 62.2 Å². The largest absolute Gasteiger partial charge is 0.476 e. The number of benzene rings is 1. The molecule has 0 radical (unpaired) electrons. The van der Waals surface area contributed by atoms with E-state index in [1.165, 1.54) is 17.9 Å². The average molecular weight is 494 g/mol. The van der Waals surface area contributed by atoms with Crippen LogP contribution >= 0.6 is 23.2 Å². The zero-order valence-electron chi connectivity index (χ0n) is 18.5. The molecular formula is C21H21Cl2N5O5. The molecule has 10 nitrogen and oxygen atoms in total. The lowest BCUT2D eigenvalue weighted by Crippen LogP contribution is -2.19. The van der Waals surface area contributed by atoms with Gasteiger partial charge in [-0.2, -0.15) is 5.10 Å². The summed E-state index contributed by atoms with van der Waals surface area (Å²) in [5, 5.41) is 18.9. The Hall–Kier alpha value is -3.37. The second-order valence-corrected chi connectivity index (χ2v) is 8.79. The van der Waals surface area contributed by atoms with Gasteiger partial charge in [-0.25, -0.2) is 14.5 Å². The number of carbonyl (C=O) groups excluding carboxylic acids is 1. The number of amides is 1. The van der Waals surface area contributed by atoms with Crippen molar-refractivity contribution in [2.24, 2.45) is 7.05 Å². The number of ether oxygens (including phenoxy) is 2. The van der Waals surface area contributed by atoms with E-state index in [4.69, 9.17) is 32.7 Å². The fourth-order valence-electron chi connectivity index (χ4n) is 3.03. The van der Waals surface area contributed by atoms with Gasteiger partial charge in [0.2, 0.25) is 5.88 Å². The molecular weight excluding hydrogens is 473 g/mol. The van der Waals surface area contributed by atoms with Gasteiger partial charge in [-0.3, -0.25) is 15.4 Å². The Labute approximate surface area is 199 Å². The van der Waals surface area contributed by atoms with Crippen LogP contribution in [0.1, 0.15) is 26.5 Å². The molecule has 3 rings (SSSR count). The van der Waals surface area contributed by atoms with Crippen LogP contribution in [0.3, 0.4) is 0 Å². The van der Waals surface area contributed by atoms with Crippen molar-refractivity contribution in [3.63, 3.8) is 0 Å². The molecule has 2 aromatic heterocycles. The SMILES string of the molecule is COc1nc(-c2ccccc2Cl)cc(NC(=O)Oc2c(Cl)c(C(C)(C)C)nn2C)c1[N+](=O)[O-]. The number of pyridine rings is 1. The number of nitrogens with one attached hydrogen (secondary N) is 1. The summed E-state index contributed by atoms with van der Waals surface area (Å²) in [5.41, 5.74) is 0.152. The number of nitro groups is 1. The first-order chi connectivity index (χ1) is 15.4. The third-order valence-corrected chi connectivity index (χ3v) is 5.23. The zero-order chi connectivity index (χ0) is 24.5. The minimum Gasteiger partial charge on any atom is -0.476 e. The van der Waals surface area contributed by atoms with Crippen LogP contribution in [0, 0.1) is 10.1 Å². The predicted octanol–water partition coefficient (Wildman–Crippen LogP) is 5.61. The van der Waals surface area contributed by atoms with Crippen LogP contribution in [0.2, 0.25) is 10.0 Å². The minimum absolute atomic E-state index is 0.00547. The van der Waals surface area contributed by atoms with Crippen molar-refractivity contribution in [2.75, 3.05) is 12.4 Å². The second kappa shape index (κ2) is 9.24. The molecule has 12 heteroatoms. The van der Waals surface area contributed by atoms with Crippen molar-refractivity contribution in [1.82, 2.24) is 14.8 Å². The fraction of sp³-hybridized carbons (Fsp3) is 0.286. The Morgan fingerprint density at radius 3 is 2.45 bits per heavy atom. The van der Waals surface area contributed by atoms with Crippen molar-refractivity contribution < 1.29 is 19.2 Å². The number of nitrogens with zero attached hydrogens (tertiary/aromatic N) is 4. The van der Waals surface area contributed by atoms with E-state index in [0.717, 1.165) is 0 Å². The molecule has 0 spiro atoms. The standard InChI is InChI=1S/C21H21Cl2N5O5/c1-21(2,3)17-15(23)19(27(4)26-17)33-20(29)25-14-10-13(11-8-6-7-9-12(11)22)24-18(32-5)16(14)28(30)31/h6-10H,1-5H3,(H,24,25,29). The van der Waals surface area contributed by atoms with E-state index in [-0.39, 0.29) is 28.2 Å². The van der Waals surface area contributed by atoms with Gasteiger partial charge in [0.1, 0.15) is 10.7 Å². The minimum atomic E-state index is -1.01. The molecule has 1 aromatic carbocycles. The molecule has 0 aliphatic rings. The first kappa shape index (κ1) is 24.3. The molecule has 0 bridgehead atoms. The lowest BCUT2D eigenvalue weighted by molar-refractivity contribution is -0.385. The molecule has 0 atom stereocenters. The van der Waals surface area contributed by atoms with Crippen molar-refractivity contribution in [1.29, 1.82) is 0 Å². The zero-order valence-corrected chi connectivity index (χ0v) is 20.0. The van der Waals surface area contributed by atoms with Crippen LogP contribution in [0.25, 0.3) is 11.3 Å². The summed E-state index contributed by atoms with van der Waals surface area (Å²) in [6.45, 7) is 5.73. The van der Waals surface area contributed by atoms with Gasteiger partial charge in [-0.15, -0.1) is 0 Å². The third kappa shape index (κ3) is 5.01. The van der Waals surface area contributed by atoms with Crippen molar-refractivity contribution in [3.8, 4) is 23.0 Å². The van der Waals surface area contributed by atoms with E-state index < -0.39 is 22.1 Å². The smallest absolute Gasteiger partial charge is 0.418 e. The second-order valence-electron chi connectivity index (χ2n) is 8.01. The van der Waals surface area contributed by atoms with E-state index in [9.17, 15) is 14.9 Å². The van der Waals surface area contributed by atoms with Gasteiger partial charge in [0, 0.05) is 23.0 Å². The molecule has 33 heavy (non-hydrogen) atoms. The molecule has 174 valence electrons. The highest BCUT2D eigenvalue weighted by molar-refractivity contribution is 6.33. The Balaban J connectivity index is 2.01. The average Bonchev–Trinajstić information content (AvgIpc) is 3.01. The molecule has 0 saturated heterocycles. The summed E-state index contributed by atoms with van der Waals surface area (Å²) in [5.74, 6) is -0.310. The summed E-state index contributed by atoms with van der Waals surface area (Å²) in [6, 6.07) is 8.10. The maximum absolute atomic E-state index is 12.7. The van der Waals surface area contributed by atoms with Gasteiger partial charge in [0.15, 0.2) is 0 Å². The van der Waals surface area contributed by atoms with Crippen LogP contribution in [0.15, 0.2) is 30.3 Å². The number of aromatic nitrogens is 3. The highest BCUT2D eigenvalue weighted by atomic mass is 35.5. The lowest BCUT2D eigenvalue weighted by atomic mass is 9.92. The molecule has 1 amide bonds. The first-order valence-corrected chi connectivity index (χ1v) is 10.4. The van der Waals surface area contributed by atoms with Gasteiger partial charge in [-0.05, 0) is 12.1 Å². The van der Waals surface area contributed by atoms with Gasteiger partial charge < -0.3 is 9.47 Å². The number of methoxy groups -OCH3 is 1. The Bertz CT molecular complexity index is 1240. The highest BCUT2D eigenvalue weighted by Gasteiger charge is 2.29. The van der Waals surface area contributed by atoms with E-state index in [2.05, 4.69) is 15.4 Å². The van der Waals surface area contributed by atoms with Crippen LogP contribution in [0.5, 0.6) is 11.8 Å². The monoisotopic (exact) mass is 493 g/mol. The lowest BCUT2D eigenvalue weighted by Gasteiger charge is -2.15. The summed E-state index contributed by atoms with van der Waals surface area (Å²) < 4.78 is 11.8. The van der Waals surface area contributed by atoms with E-state index in [1.54, 1.807) is 31.3 Å². The van der Waals surface area contributed by atoms with E-state index in [1.807, 2.05) is 20.8 Å². The summed E-state index contributed by atoms with van der Waals surface area (Å²) in [4.78, 5) is 27.9. The van der Waals surface area contributed by atoms with Gasteiger partial charge >= 0.3 is 11.8 Å². The Morgan fingerprint density at radius 1 is 1.24 bits per heavy atom. The van der Waals surface area contributed by atoms with Crippen molar-refractivity contribution in [3.05, 3.63) is 56.2 Å². The maximum Gasteiger partial charge on any atom is 0.418 e. The summed E-state index contributed by atoms with van der Waals surface area (Å²) >= 11 is 12.6. The van der Waals surface area contributed by atoms with Crippen LogP contribution < -0.4 is 14.8 Å². The number of aryl methyl sites for hydroxylation is 1. The van der Waals surface area contributed by atoms with E-state index >= 15 is 0 Å². The summed E-state index contributed by atoms with van der Waals surface area (Å²) in [7, 11) is 2.80. The van der Waals surface area contributed by atoms with Gasteiger partial charge in [0.05, 0.1) is 23.4 Å². The number of hydrogen-bond donors (Lipinski definition) is 1. The fourth-order valence-corrected chi connectivity index (χ4v) is 3.75. The quantitative estimate of drug-likeness (QED) is 0.361. The first-order valence-electron chi connectivity index (χ1n) is 9.64. The molecule has 0 saturated carbocycles. The molecule has 1 N–H and O–H groups in total. The van der Waals surface area contributed by atoms with Crippen molar-refractivity contribution >= 4 is 40.7 Å². The number of carbonyl (C=O) groups is 1. The number of rotatable bonds is 5. The molecule has 0 aliphatic carbocycles. The highest BCUT2D eigenvalue weighted by Crippen LogP contribution is 2.39.